The molecule has 2 amide bonds. The van der Waals surface area contributed by atoms with Gasteiger partial charge in [0.15, 0.2) is 0 Å². The van der Waals surface area contributed by atoms with Gasteiger partial charge >= 0.3 is 0 Å². The molecule has 2 N–H and O–H groups in total. The summed E-state index contributed by atoms with van der Waals surface area (Å²) in [6.45, 7) is 1.88. The number of halogens is 1. The van der Waals surface area contributed by atoms with Gasteiger partial charge in [-0.3, -0.25) is 9.59 Å². The molecule has 0 aliphatic heterocycles. The summed E-state index contributed by atoms with van der Waals surface area (Å²) < 4.78 is 6.07. The number of nitrogens with one attached hydrogen (secondary N) is 2. The summed E-state index contributed by atoms with van der Waals surface area (Å²) in [5.41, 5.74) is 4.64. The predicted octanol–water partition coefficient (Wildman–Crippen LogP) is 3.25. The Bertz CT molecular complexity index is 806. The van der Waals surface area contributed by atoms with E-state index in [1.54, 1.807) is 25.3 Å². The maximum absolute atomic E-state index is 11.9. The molecule has 7 heteroatoms. The van der Waals surface area contributed by atoms with Crippen LogP contribution in [0.4, 0.5) is 5.69 Å². The molecule has 130 valence electrons. The number of methoxy groups -OCH3 is 1. The lowest BCUT2D eigenvalue weighted by Gasteiger charge is -2.07. The Morgan fingerprint density at radius 2 is 1.96 bits per heavy atom. The minimum Gasteiger partial charge on any atom is -0.496 e. The number of hydrogen-bond acceptors (Lipinski definition) is 4. The highest BCUT2D eigenvalue weighted by Crippen LogP contribution is 2.21. The molecular weight excluding hydrogens is 386 g/mol. The lowest BCUT2D eigenvalue weighted by atomic mass is 10.2. The first-order valence-electron chi connectivity index (χ1n) is 7.50. The molecule has 0 atom stereocenters. The van der Waals surface area contributed by atoms with Gasteiger partial charge in [-0.1, -0.05) is 34.1 Å². The molecule has 0 aromatic heterocycles. The number of benzene rings is 2. The Kier molecular flexibility index (Phi) is 6.71. The molecule has 0 heterocycles. The van der Waals surface area contributed by atoms with Crippen LogP contribution in [0.15, 0.2) is 52.0 Å². The number of para-hydroxylation sites is 1. The number of rotatable bonds is 6. The fraction of sp³-hybridized carbons (Fsp3) is 0.167. The van der Waals surface area contributed by atoms with Crippen molar-refractivity contribution in [3.8, 4) is 5.75 Å². The van der Waals surface area contributed by atoms with E-state index >= 15 is 0 Å². The molecule has 0 radical (unpaired) electrons. The van der Waals surface area contributed by atoms with Crippen molar-refractivity contribution in [2.24, 2.45) is 5.10 Å². The Hall–Kier alpha value is -2.67. The highest BCUT2D eigenvalue weighted by molar-refractivity contribution is 9.10. The number of hydrazone groups is 1. The van der Waals surface area contributed by atoms with Crippen molar-refractivity contribution in [1.29, 1.82) is 0 Å². The van der Waals surface area contributed by atoms with E-state index < -0.39 is 11.8 Å². The van der Waals surface area contributed by atoms with E-state index in [0.29, 0.717) is 17.0 Å². The maximum Gasteiger partial charge on any atom is 0.249 e. The number of amides is 2. The van der Waals surface area contributed by atoms with E-state index in [-0.39, 0.29) is 6.42 Å². The van der Waals surface area contributed by atoms with Crippen LogP contribution in [0.25, 0.3) is 0 Å². The average Bonchev–Trinajstić information content (AvgIpc) is 2.57. The Labute approximate surface area is 154 Å². The van der Waals surface area contributed by atoms with E-state index in [0.717, 1.165) is 10.0 Å². The van der Waals surface area contributed by atoms with Gasteiger partial charge < -0.3 is 10.1 Å². The van der Waals surface area contributed by atoms with Gasteiger partial charge in [-0.2, -0.15) is 5.10 Å². The zero-order valence-electron chi connectivity index (χ0n) is 13.9. The SMILES string of the molecule is COc1ccc(Br)cc1C=NNC(=O)CC(=O)Nc1ccccc1C. The average molecular weight is 404 g/mol. The van der Waals surface area contributed by atoms with Crippen LogP contribution in [0, 0.1) is 6.92 Å². The van der Waals surface area contributed by atoms with Crippen molar-refractivity contribution in [3.05, 3.63) is 58.1 Å². The van der Waals surface area contributed by atoms with Crippen molar-refractivity contribution in [1.82, 2.24) is 5.43 Å². The molecule has 0 fully saturated rings. The molecule has 2 aromatic carbocycles. The topological polar surface area (TPSA) is 79.8 Å². The van der Waals surface area contributed by atoms with Gasteiger partial charge in [0.25, 0.3) is 0 Å². The summed E-state index contributed by atoms with van der Waals surface area (Å²) in [5, 5.41) is 6.56. The summed E-state index contributed by atoms with van der Waals surface area (Å²) in [4.78, 5) is 23.7. The molecule has 0 saturated carbocycles. The van der Waals surface area contributed by atoms with Crippen LogP contribution in [0.5, 0.6) is 5.75 Å². The first-order valence-corrected chi connectivity index (χ1v) is 8.30. The minimum atomic E-state index is -0.503. The minimum absolute atomic E-state index is 0.318. The van der Waals surface area contributed by atoms with E-state index in [1.165, 1.54) is 6.21 Å². The molecule has 0 unspecified atom stereocenters. The second-order valence-electron chi connectivity index (χ2n) is 5.22. The number of aryl methyl sites for hydroxylation is 1. The Balaban J connectivity index is 1.89. The number of nitrogens with zero attached hydrogens (tertiary/aromatic N) is 1. The Morgan fingerprint density at radius 1 is 1.20 bits per heavy atom. The fourth-order valence-electron chi connectivity index (χ4n) is 2.07. The number of ether oxygens (including phenoxy) is 1. The third-order valence-electron chi connectivity index (χ3n) is 3.32. The molecule has 0 aliphatic rings. The standard InChI is InChI=1S/C18H18BrN3O3/c1-12-5-3-4-6-15(12)21-17(23)10-18(24)22-20-11-13-9-14(19)7-8-16(13)25-2/h3-9,11H,10H2,1-2H3,(H,21,23)(H,22,24). The lowest BCUT2D eigenvalue weighted by molar-refractivity contribution is -0.126. The number of carbonyl (C=O) groups is 2. The summed E-state index contributed by atoms with van der Waals surface area (Å²) in [6, 6.07) is 12.8. The lowest BCUT2D eigenvalue weighted by Crippen LogP contribution is -2.24. The monoisotopic (exact) mass is 403 g/mol. The van der Waals surface area contributed by atoms with Crippen LogP contribution in [0.1, 0.15) is 17.5 Å². The molecule has 2 rings (SSSR count). The number of hydrogen-bond donors (Lipinski definition) is 2. The van der Waals surface area contributed by atoms with Gasteiger partial charge in [-0.25, -0.2) is 5.43 Å². The van der Waals surface area contributed by atoms with Crippen molar-refractivity contribution in [2.75, 3.05) is 12.4 Å². The van der Waals surface area contributed by atoms with Gasteiger partial charge in [-0.15, -0.1) is 0 Å². The summed E-state index contributed by atoms with van der Waals surface area (Å²) in [5.74, 6) is -0.281. The first-order chi connectivity index (χ1) is 12.0. The van der Waals surface area contributed by atoms with Crippen LogP contribution in [0.3, 0.4) is 0 Å². The first kappa shape index (κ1) is 18.7. The van der Waals surface area contributed by atoms with Crippen LogP contribution in [-0.4, -0.2) is 25.1 Å². The van der Waals surface area contributed by atoms with Gasteiger partial charge in [0, 0.05) is 15.7 Å². The third kappa shape index (κ3) is 5.72. The molecule has 6 nitrogen and oxygen atoms in total. The molecule has 0 saturated heterocycles. The van der Waals surface area contributed by atoms with Crippen molar-refractivity contribution < 1.29 is 14.3 Å². The summed E-state index contributed by atoms with van der Waals surface area (Å²) >= 11 is 3.36. The molecule has 0 bridgehead atoms. The van der Waals surface area contributed by atoms with E-state index in [2.05, 4.69) is 31.8 Å². The predicted molar refractivity (Wildman–Crippen MR) is 101 cm³/mol. The normalized spacial score (nSPS) is 10.5. The fourth-order valence-corrected chi connectivity index (χ4v) is 2.45. The highest BCUT2D eigenvalue weighted by Gasteiger charge is 2.10. The Morgan fingerprint density at radius 3 is 2.68 bits per heavy atom. The van der Waals surface area contributed by atoms with Crippen molar-refractivity contribution in [2.45, 2.75) is 13.3 Å². The highest BCUT2D eigenvalue weighted by atomic mass is 79.9. The second-order valence-corrected chi connectivity index (χ2v) is 6.14. The van der Waals surface area contributed by atoms with Gasteiger partial charge in [0.1, 0.15) is 12.2 Å². The van der Waals surface area contributed by atoms with E-state index in [4.69, 9.17) is 4.74 Å². The zero-order valence-corrected chi connectivity index (χ0v) is 15.5. The van der Waals surface area contributed by atoms with Crippen LogP contribution in [0.2, 0.25) is 0 Å². The van der Waals surface area contributed by atoms with E-state index in [9.17, 15) is 9.59 Å². The van der Waals surface area contributed by atoms with Gasteiger partial charge in [0.05, 0.1) is 13.3 Å². The zero-order chi connectivity index (χ0) is 18.2. The van der Waals surface area contributed by atoms with Crippen LogP contribution in [-0.2, 0) is 9.59 Å². The third-order valence-corrected chi connectivity index (χ3v) is 3.82. The summed E-state index contributed by atoms with van der Waals surface area (Å²) in [7, 11) is 1.55. The van der Waals surface area contributed by atoms with Gasteiger partial charge in [-0.05, 0) is 36.8 Å². The molecule has 0 spiro atoms. The summed E-state index contributed by atoms with van der Waals surface area (Å²) in [6.07, 6.45) is 1.14. The second kappa shape index (κ2) is 8.98. The smallest absolute Gasteiger partial charge is 0.249 e. The van der Waals surface area contributed by atoms with Gasteiger partial charge in [0.2, 0.25) is 11.8 Å². The van der Waals surface area contributed by atoms with Crippen LogP contribution >= 0.6 is 15.9 Å². The van der Waals surface area contributed by atoms with E-state index in [1.807, 2.05) is 31.2 Å². The molecule has 2 aromatic rings. The molecular formula is C18H18BrN3O3. The number of anilines is 1. The quantitative estimate of drug-likeness (QED) is 0.441. The maximum atomic E-state index is 11.9. The van der Waals surface area contributed by atoms with Crippen LogP contribution < -0.4 is 15.5 Å². The molecule has 0 aliphatic carbocycles. The van der Waals surface area contributed by atoms with Crippen molar-refractivity contribution >= 4 is 39.6 Å². The van der Waals surface area contributed by atoms with Crippen molar-refractivity contribution in [3.63, 3.8) is 0 Å². The largest absolute Gasteiger partial charge is 0.496 e. The molecule has 25 heavy (non-hydrogen) atoms. The number of carbonyl (C=O) groups excluding carboxylic acids is 2.